The predicted octanol–water partition coefficient (Wildman–Crippen LogP) is 5.09. The van der Waals surface area contributed by atoms with Crippen LogP contribution in [0.1, 0.15) is 11.3 Å². The molecule has 0 radical (unpaired) electrons. The first kappa shape index (κ1) is 21.6. The van der Waals surface area contributed by atoms with Crippen molar-refractivity contribution in [2.24, 2.45) is 0 Å². The standard InChI is InChI=1S/C20H17Cl2N3O5/c1-10-6-16(25(27)28)17(29-3)8-15(10)24-18(26)9-30-20-14(22)7-13(21)12-5-4-11(2)23-19(12)20/h4-8H,9H2,1-3H3,(H,24,26). The number of nitrogens with zero attached hydrogens (tertiary/aromatic N) is 2. The lowest BCUT2D eigenvalue weighted by Gasteiger charge is -2.14. The molecule has 3 aromatic rings. The first-order valence-corrected chi connectivity index (χ1v) is 9.48. The molecule has 2 aromatic carbocycles. The van der Waals surface area contributed by atoms with Crippen molar-refractivity contribution in [2.75, 3.05) is 19.0 Å². The summed E-state index contributed by atoms with van der Waals surface area (Å²) in [5.41, 5.74) is 1.87. The number of methoxy groups -OCH3 is 1. The zero-order chi connectivity index (χ0) is 22.0. The van der Waals surface area contributed by atoms with Crippen LogP contribution < -0.4 is 14.8 Å². The number of hydrogen-bond acceptors (Lipinski definition) is 6. The summed E-state index contributed by atoms with van der Waals surface area (Å²) < 4.78 is 10.7. The van der Waals surface area contributed by atoms with Gasteiger partial charge in [0.25, 0.3) is 5.91 Å². The third kappa shape index (κ3) is 4.39. The summed E-state index contributed by atoms with van der Waals surface area (Å²) in [5, 5.41) is 15.1. The lowest BCUT2D eigenvalue weighted by molar-refractivity contribution is -0.385. The monoisotopic (exact) mass is 449 g/mol. The van der Waals surface area contributed by atoms with Crippen LogP contribution in [0.15, 0.2) is 30.3 Å². The fourth-order valence-electron chi connectivity index (χ4n) is 2.87. The highest BCUT2D eigenvalue weighted by Crippen LogP contribution is 2.37. The van der Waals surface area contributed by atoms with Crippen LogP contribution in [-0.2, 0) is 4.79 Å². The minimum atomic E-state index is -0.552. The van der Waals surface area contributed by atoms with Crippen LogP contribution in [0.2, 0.25) is 10.0 Å². The van der Waals surface area contributed by atoms with E-state index in [2.05, 4.69) is 10.3 Å². The molecule has 10 heteroatoms. The summed E-state index contributed by atoms with van der Waals surface area (Å²) in [6.45, 7) is 3.10. The molecule has 0 saturated carbocycles. The van der Waals surface area contributed by atoms with Crippen molar-refractivity contribution in [1.29, 1.82) is 0 Å². The van der Waals surface area contributed by atoms with Crippen LogP contribution in [0, 0.1) is 24.0 Å². The Morgan fingerprint density at radius 3 is 2.60 bits per heavy atom. The lowest BCUT2D eigenvalue weighted by atomic mass is 10.1. The number of nitro benzene ring substituents is 1. The third-order valence-electron chi connectivity index (χ3n) is 4.32. The van der Waals surface area contributed by atoms with Gasteiger partial charge in [-0.15, -0.1) is 0 Å². The second-order valence-corrected chi connectivity index (χ2v) is 7.27. The molecule has 8 nitrogen and oxygen atoms in total. The Morgan fingerprint density at radius 2 is 1.93 bits per heavy atom. The molecule has 0 bridgehead atoms. The van der Waals surface area contributed by atoms with Gasteiger partial charge in [0.05, 0.1) is 22.1 Å². The summed E-state index contributed by atoms with van der Waals surface area (Å²) in [6.07, 6.45) is 0. The van der Waals surface area contributed by atoms with Crippen molar-refractivity contribution in [3.05, 3.63) is 61.7 Å². The number of halogens is 2. The number of anilines is 1. The Kier molecular flexibility index (Phi) is 6.28. The van der Waals surface area contributed by atoms with E-state index in [9.17, 15) is 14.9 Å². The van der Waals surface area contributed by atoms with Crippen LogP contribution in [0.5, 0.6) is 11.5 Å². The van der Waals surface area contributed by atoms with Crippen molar-refractivity contribution in [1.82, 2.24) is 4.98 Å². The van der Waals surface area contributed by atoms with Gasteiger partial charge in [0, 0.05) is 28.9 Å². The molecule has 1 N–H and O–H groups in total. The van der Waals surface area contributed by atoms with Gasteiger partial charge < -0.3 is 14.8 Å². The molecule has 0 saturated heterocycles. The minimum Gasteiger partial charge on any atom is -0.490 e. The predicted molar refractivity (Wildman–Crippen MR) is 115 cm³/mol. The van der Waals surface area contributed by atoms with Crippen molar-refractivity contribution in [2.45, 2.75) is 13.8 Å². The highest BCUT2D eigenvalue weighted by molar-refractivity contribution is 6.39. The van der Waals surface area contributed by atoms with Crippen LogP contribution in [0.3, 0.4) is 0 Å². The molecule has 0 aliphatic rings. The maximum absolute atomic E-state index is 12.4. The van der Waals surface area contributed by atoms with Gasteiger partial charge >= 0.3 is 5.69 Å². The SMILES string of the molecule is COc1cc(NC(=O)COc2c(Cl)cc(Cl)c3ccc(C)nc23)c(C)cc1[N+](=O)[O-]. The average molecular weight is 450 g/mol. The van der Waals surface area contributed by atoms with E-state index >= 15 is 0 Å². The van der Waals surface area contributed by atoms with Crippen molar-refractivity contribution < 1.29 is 19.2 Å². The number of hydrogen-bond donors (Lipinski definition) is 1. The molecule has 30 heavy (non-hydrogen) atoms. The molecular formula is C20H17Cl2N3O5. The zero-order valence-electron chi connectivity index (χ0n) is 16.3. The number of carbonyl (C=O) groups is 1. The minimum absolute atomic E-state index is 0.0354. The maximum Gasteiger partial charge on any atom is 0.311 e. The van der Waals surface area contributed by atoms with Crippen molar-refractivity contribution in [3.63, 3.8) is 0 Å². The zero-order valence-corrected chi connectivity index (χ0v) is 17.8. The number of rotatable bonds is 6. The van der Waals surface area contributed by atoms with Crippen molar-refractivity contribution in [3.8, 4) is 11.5 Å². The molecule has 1 heterocycles. The number of carbonyl (C=O) groups excluding carboxylic acids is 1. The largest absolute Gasteiger partial charge is 0.490 e. The topological polar surface area (TPSA) is 104 Å². The lowest BCUT2D eigenvalue weighted by Crippen LogP contribution is -2.21. The third-order valence-corrected chi connectivity index (χ3v) is 4.91. The first-order valence-electron chi connectivity index (χ1n) is 8.72. The molecule has 1 amide bonds. The number of fused-ring (bicyclic) bond motifs is 1. The fraction of sp³-hybridized carbons (Fsp3) is 0.200. The van der Waals surface area contributed by atoms with Gasteiger partial charge in [-0.1, -0.05) is 23.2 Å². The fourth-order valence-corrected chi connectivity index (χ4v) is 3.44. The van der Waals surface area contributed by atoms with Gasteiger partial charge in [-0.05, 0) is 37.6 Å². The molecule has 1 aromatic heterocycles. The maximum atomic E-state index is 12.4. The van der Waals surface area contributed by atoms with Gasteiger partial charge in [0.1, 0.15) is 5.52 Å². The second-order valence-electron chi connectivity index (χ2n) is 6.45. The van der Waals surface area contributed by atoms with E-state index in [4.69, 9.17) is 32.7 Å². The first-order chi connectivity index (χ1) is 14.2. The normalized spacial score (nSPS) is 10.7. The summed E-state index contributed by atoms with van der Waals surface area (Å²) >= 11 is 12.5. The van der Waals surface area contributed by atoms with E-state index in [1.165, 1.54) is 25.3 Å². The van der Waals surface area contributed by atoms with Crippen LogP contribution in [0.4, 0.5) is 11.4 Å². The number of amides is 1. The smallest absolute Gasteiger partial charge is 0.311 e. The summed E-state index contributed by atoms with van der Waals surface area (Å²) in [7, 11) is 1.31. The van der Waals surface area contributed by atoms with Crippen LogP contribution >= 0.6 is 23.2 Å². The number of aromatic nitrogens is 1. The Labute approximate surface area is 181 Å². The number of nitrogens with one attached hydrogen (secondary N) is 1. The summed E-state index contributed by atoms with van der Waals surface area (Å²) in [5.74, 6) is -0.207. The second kappa shape index (κ2) is 8.73. The van der Waals surface area contributed by atoms with E-state index in [-0.39, 0.29) is 28.8 Å². The molecular weight excluding hydrogens is 433 g/mol. The van der Waals surface area contributed by atoms with Crippen molar-refractivity contribution >= 4 is 51.4 Å². The molecule has 0 fully saturated rings. The molecule has 0 aliphatic heterocycles. The molecule has 3 rings (SSSR count). The van der Waals surface area contributed by atoms with Crippen LogP contribution in [-0.4, -0.2) is 29.5 Å². The van der Waals surface area contributed by atoms with Crippen LogP contribution in [0.25, 0.3) is 10.9 Å². The summed E-state index contributed by atoms with van der Waals surface area (Å²) in [4.78, 5) is 27.4. The number of nitro groups is 1. The molecule has 156 valence electrons. The van der Waals surface area contributed by atoms with Gasteiger partial charge in [-0.25, -0.2) is 4.98 Å². The van der Waals surface area contributed by atoms with E-state index in [0.29, 0.717) is 27.2 Å². The molecule has 0 atom stereocenters. The molecule has 0 aliphatic carbocycles. The number of ether oxygens (including phenoxy) is 2. The Bertz CT molecular complexity index is 1170. The number of pyridine rings is 1. The Balaban J connectivity index is 1.82. The number of aryl methyl sites for hydroxylation is 2. The van der Waals surface area contributed by atoms with Gasteiger partial charge in [0.2, 0.25) is 0 Å². The summed E-state index contributed by atoms with van der Waals surface area (Å²) in [6, 6.07) is 7.85. The average Bonchev–Trinajstić information content (AvgIpc) is 2.68. The van der Waals surface area contributed by atoms with E-state index in [1.54, 1.807) is 13.0 Å². The number of benzene rings is 2. The molecule has 0 spiro atoms. The highest BCUT2D eigenvalue weighted by atomic mass is 35.5. The molecule has 0 unspecified atom stereocenters. The van der Waals surface area contributed by atoms with Gasteiger partial charge in [-0.2, -0.15) is 0 Å². The Hall–Kier alpha value is -3.10. The van der Waals surface area contributed by atoms with E-state index in [0.717, 1.165) is 5.69 Å². The quantitative estimate of drug-likeness (QED) is 0.414. The van der Waals surface area contributed by atoms with E-state index < -0.39 is 10.8 Å². The highest BCUT2D eigenvalue weighted by Gasteiger charge is 2.19. The van der Waals surface area contributed by atoms with E-state index in [1.807, 2.05) is 13.0 Å². The van der Waals surface area contributed by atoms with Gasteiger partial charge in [0.15, 0.2) is 18.1 Å². The Morgan fingerprint density at radius 1 is 1.20 bits per heavy atom. The van der Waals surface area contributed by atoms with Gasteiger partial charge in [-0.3, -0.25) is 14.9 Å².